The number of halogens is 1. The predicted octanol–water partition coefficient (Wildman–Crippen LogP) is 3.97. The molecule has 4 rings (SSSR count). The van der Waals surface area contributed by atoms with E-state index >= 15 is 0 Å². The number of imidazole rings is 1. The third-order valence-electron chi connectivity index (χ3n) is 4.72. The normalized spacial score (nSPS) is 16.9. The number of allylic oxidation sites excluding steroid dienone is 2. The summed E-state index contributed by atoms with van der Waals surface area (Å²) in [6, 6.07) is 8.55. The summed E-state index contributed by atoms with van der Waals surface area (Å²) in [5, 5.41) is 0. The van der Waals surface area contributed by atoms with Gasteiger partial charge < -0.3 is 5.73 Å². The van der Waals surface area contributed by atoms with Crippen molar-refractivity contribution >= 4 is 17.3 Å². The van der Waals surface area contributed by atoms with E-state index in [1.807, 2.05) is 13.0 Å². The molecule has 0 spiro atoms. The van der Waals surface area contributed by atoms with Crippen molar-refractivity contribution in [2.45, 2.75) is 20.3 Å². The molecule has 0 bridgehead atoms. The van der Waals surface area contributed by atoms with Crippen LogP contribution < -0.4 is 5.73 Å². The van der Waals surface area contributed by atoms with Gasteiger partial charge in [-0.15, -0.1) is 0 Å². The quantitative estimate of drug-likeness (QED) is 0.766. The van der Waals surface area contributed by atoms with E-state index in [1.165, 1.54) is 12.3 Å². The van der Waals surface area contributed by atoms with E-state index in [1.54, 1.807) is 28.8 Å². The minimum absolute atomic E-state index is 0.257. The van der Waals surface area contributed by atoms with Crippen LogP contribution in [0.3, 0.4) is 0 Å². The summed E-state index contributed by atoms with van der Waals surface area (Å²) >= 11 is 0. The van der Waals surface area contributed by atoms with Gasteiger partial charge in [-0.3, -0.25) is 14.2 Å². The molecule has 3 aromatic rings. The predicted molar refractivity (Wildman–Crippen MR) is 103 cm³/mol. The first kappa shape index (κ1) is 17.1. The second kappa shape index (κ2) is 6.46. The van der Waals surface area contributed by atoms with Crippen molar-refractivity contribution in [3.8, 4) is 11.1 Å². The summed E-state index contributed by atoms with van der Waals surface area (Å²) in [7, 11) is 0. The Labute approximate surface area is 156 Å². The van der Waals surface area contributed by atoms with Gasteiger partial charge in [0.25, 0.3) is 5.91 Å². The van der Waals surface area contributed by atoms with E-state index in [4.69, 9.17) is 5.73 Å². The number of nitrogens with two attached hydrogens (primary N) is 1. The van der Waals surface area contributed by atoms with Crippen LogP contribution in [0.4, 0.5) is 4.39 Å². The lowest BCUT2D eigenvalue weighted by Gasteiger charge is -2.19. The van der Waals surface area contributed by atoms with Crippen LogP contribution in [0.1, 0.15) is 36.3 Å². The van der Waals surface area contributed by atoms with E-state index in [0.29, 0.717) is 22.7 Å². The fourth-order valence-corrected chi connectivity index (χ4v) is 3.61. The molecule has 2 aromatic heterocycles. The number of pyridine rings is 1. The van der Waals surface area contributed by atoms with E-state index in [-0.39, 0.29) is 11.5 Å². The molecule has 2 N–H and O–H groups in total. The topological polar surface area (TPSA) is 72.8 Å². The maximum absolute atomic E-state index is 14.9. The molecule has 1 aromatic carbocycles. The average molecular weight is 362 g/mol. The lowest BCUT2D eigenvalue weighted by Crippen LogP contribution is -2.14. The first-order chi connectivity index (χ1) is 12.9. The molecule has 0 saturated carbocycles. The Balaban J connectivity index is 1.92. The number of aliphatic imine (C=N–C) groups is 1. The Hall–Kier alpha value is -3.28. The Kier molecular flexibility index (Phi) is 4.11. The molecule has 0 saturated heterocycles. The molecular formula is C21H19FN4O. The zero-order chi connectivity index (χ0) is 19.1. The van der Waals surface area contributed by atoms with Crippen molar-refractivity contribution < 1.29 is 9.18 Å². The highest BCUT2D eigenvalue weighted by Crippen LogP contribution is 2.31. The van der Waals surface area contributed by atoms with Crippen molar-refractivity contribution in [1.82, 2.24) is 9.38 Å². The number of carbonyl (C=O) groups is 1. The highest BCUT2D eigenvalue weighted by molar-refractivity contribution is 6.07. The van der Waals surface area contributed by atoms with Crippen molar-refractivity contribution in [3.63, 3.8) is 0 Å². The maximum atomic E-state index is 14.9. The summed E-state index contributed by atoms with van der Waals surface area (Å²) in [6.45, 7) is 4.07. The first-order valence-electron chi connectivity index (χ1n) is 8.76. The van der Waals surface area contributed by atoms with Gasteiger partial charge in [-0.1, -0.05) is 25.1 Å². The molecule has 3 heterocycles. The van der Waals surface area contributed by atoms with Gasteiger partial charge in [-0.2, -0.15) is 0 Å². The van der Waals surface area contributed by atoms with Gasteiger partial charge in [0.15, 0.2) is 0 Å². The van der Waals surface area contributed by atoms with Gasteiger partial charge in [0.2, 0.25) is 0 Å². The van der Waals surface area contributed by atoms with Crippen LogP contribution >= 0.6 is 0 Å². The van der Waals surface area contributed by atoms with Crippen LogP contribution in [0.5, 0.6) is 0 Å². The second-order valence-electron chi connectivity index (χ2n) is 6.86. The van der Waals surface area contributed by atoms with E-state index < -0.39 is 5.91 Å². The summed E-state index contributed by atoms with van der Waals surface area (Å²) in [5.41, 5.74) is 9.90. The summed E-state index contributed by atoms with van der Waals surface area (Å²) < 4.78 is 16.5. The van der Waals surface area contributed by atoms with Gasteiger partial charge in [-0.25, -0.2) is 9.37 Å². The molecule has 27 heavy (non-hydrogen) atoms. The van der Waals surface area contributed by atoms with E-state index in [9.17, 15) is 9.18 Å². The highest BCUT2D eigenvalue weighted by atomic mass is 19.1. The monoisotopic (exact) mass is 362 g/mol. The minimum Gasteiger partial charge on any atom is -0.364 e. The van der Waals surface area contributed by atoms with Crippen LogP contribution in [-0.4, -0.2) is 21.0 Å². The zero-order valence-corrected chi connectivity index (χ0v) is 15.1. The molecule has 1 amide bonds. The number of benzene rings is 1. The van der Waals surface area contributed by atoms with Crippen LogP contribution in [0.25, 0.3) is 16.8 Å². The number of aromatic nitrogens is 2. The SMILES string of the molecule is CC1=CC(C)CC(c2cccc(F)c2-c2ccc3ncc(C(N)=O)n3c2)=N1. The Bertz CT molecular complexity index is 1130. The van der Waals surface area contributed by atoms with Crippen LogP contribution in [-0.2, 0) is 0 Å². The van der Waals surface area contributed by atoms with Crippen LogP contribution in [0.2, 0.25) is 0 Å². The standard InChI is InChI=1S/C21H19FN4O/c1-12-8-13(2)25-17(9-12)15-4-3-5-16(22)20(15)14-6-7-19-24-10-18(21(23)27)26(19)11-14/h3-8,10-12H,9H2,1-2H3,(H2,23,27). The molecular weight excluding hydrogens is 343 g/mol. The zero-order valence-electron chi connectivity index (χ0n) is 15.1. The lowest BCUT2D eigenvalue weighted by atomic mass is 9.90. The Morgan fingerprint density at radius 1 is 1.30 bits per heavy atom. The largest absolute Gasteiger partial charge is 0.364 e. The van der Waals surface area contributed by atoms with Crippen molar-refractivity contribution in [3.05, 3.63) is 71.6 Å². The fraction of sp³-hybridized carbons (Fsp3) is 0.190. The fourth-order valence-electron chi connectivity index (χ4n) is 3.61. The molecule has 5 nitrogen and oxygen atoms in total. The van der Waals surface area contributed by atoms with Gasteiger partial charge in [0.05, 0.1) is 6.20 Å². The average Bonchev–Trinajstić information content (AvgIpc) is 3.04. The Morgan fingerprint density at radius 2 is 2.11 bits per heavy atom. The smallest absolute Gasteiger partial charge is 0.267 e. The first-order valence-corrected chi connectivity index (χ1v) is 8.76. The number of amides is 1. The van der Waals surface area contributed by atoms with Crippen molar-refractivity contribution in [2.24, 2.45) is 16.6 Å². The number of rotatable bonds is 3. The van der Waals surface area contributed by atoms with Gasteiger partial charge >= 0.3 is 0 Å². The third-order valence-corrected chi connectivity index (χ3v) is 4.72. The molecule has 1 unspecified atom stereocenters. The highest BCUT2D eigenvalue weighted by Gasteiger charge is 2.20. The molecule has 0 fully saturated rings. The van der Waals surface area contributed by atoms with Gasteiger partial charge in [0, 0.05) is 34.3 Å². The summed E-state index contributed by atoms with van der Waals surface area (Å²) in [4.78, 5) is 20.5. The van der Waals surface area contributed by atoms with Gasteiger partial charge in [-0.05, 0) is 37.5 Å². The summed E-state index contributed by atoms with van der Waals surface area (Å²) in [6.07, 6.45) is 5.97. The number of hydrogen-bond donors (Lipinski definition) is 1. The Morgan fingerprint density at radius 3 is 2.85 bits per heavy atom. The van der Waals surface area contributed by atoms with Crippen LogP contribution in [0.15, 0.2) is 59.5 Å². The molecule has 0 aliphatic carbocycles. The maximum Gasteiger partial charge on any atom is 0.267 e. The third kappa shape index (κ3) is 3.03. The number of carbonyl (C=O) groups excluding carboxylic acids is 1. The van der Waals surface area contributed by atoms with Crippen molar-refractivity contribution in [1.29, 1.82) is 0 Å². The molecule has 6 heteroatoms. The van der Waals surface area contributed by atoms with Gasteiger partial charge in [0.1, 0.15) is 17.2 Å². The number of fused-ring (bicyclic) bond motifs is 1. The minimum atomic E-state index is -0.584. The number of nitrogens with zero attached hydrogens (tertiary/aromatic N) is 3. The number of hydrogen-bond acceptors (Lipinski definition) is 3. The summed E-state index contributed by atoms with van der Waals surface area (Å²) in [5.74, 6) is -0.582. The van der Waals surface area contributed by atoms with Crippen molar-refractivity contribution in [2.75, 3.05) is 0 Å². The second-order valence-corrected chi connectivity index (χ2v) is 6.86. The van der Waals surface area contributed by atoms with E-state index in [2.05, 4.69) is 23.0 Å². The lowest BCUT2D eigenvalue weighted by molar-refractivity contribution is 0.0995. The molecule has 1 atom stereocenters. The molecule has 136 valence electrons. The van der Waals surface area contributed by atoms with E-state index in [0.717, 1.165) is 23.4 Å². The van der Waals surface area contributed by atoms with Crippen LogP contribution in [0, 0.1) is 11.7 Å². The number of primary amides is 1. The molecule has 0 radical (unpaired) electrons. The molecule has 1 aliphatic rings. The molecule has 1 aliphatic heterocycles.